The number of carbonyl (C=O) groups excluding carboxylic acids is 2. The molecule has 0 aliphatic carbocycles. The molecule has 1 aromatic carbocycles. The third-order valence-corrected chi connectivity index (χ3v) is 8.40. The Kier molecular flexibility index (Phi) is 8.80. The van der Waals surface area contributed by atoms with Gasteiger partial charge >= 0.3 is 0 Å². The molecular weight excluding hydrogens is 542 g/mol. The highest BCUT2D eigenvalue weighted by atomic mass is 32.2. The van der Waals surface area contributed by atoms with Gasteiger partial charge in [0.2, 0.25) is 11.8 Å². The lowest BCUT2D eigenvalue weighted by molar-refractivity contribution is -0.134. The van der Waals surface area contributed by atoms with Gasteiger partial charge in [-0.2, -0.15) is 4.31 Å². The average molecular weight is 576 g/mol. The van der Waals surface area contributed by atoms with Crippen molar-refractivity contribution in [2.24, 2.45) is 13.0 Å². The summed E-state index contributed by atoms with van der Waals surface area (Å²) in [5.74, 6) is -0.511. The molecule has 0 spiro atoms. The van der Waals surface area contributed by atoms with Gasteiger partial charge < -0.3 is 24.6 Å². The number of nitrogens with zero attached hydrogens (tertiary/aromatic N) is 8. The number of imidazole rings is 1. The minimum Gasteiger partial charge on any atom is -0.488 e. The van der Waals surface area contributed by atoms with Crippen molar-refractivity contribution in [2.45, 2.75) is 44.0 Å². The maximum Gasteiger partial charge on any atom is 0.261 e. The summed E-state index contributed by atoms with van der Waals surface area (Å²) in [6.07, 6.45) is 3.46. The molecule has 216 valence electrons. The lowest BCUT2D eigenvalue weighted by atomic mass is 10.0. The fourth-order valence-corrected chi connectivity index (χ4v) is 5.50. The van der Waals surface area contributed by atoms with Gasteiger partial charge in [0.25, 0.3) is 10.0 Å². The molecule has 4 rings (SSSR count). The molecule has 15 nitrogen and oxygen atoms in total. The highest BCUT2D eigenvalue weighted by Crippen LogP contribution is 2.29. The molecule has 1 aliphatic rings. The van der Waals surface area contributed by atoms with Gasteiger partial charge in [-0.3, -0.25) is 9.59 Å². The molecule has 0 saturated heterocycles. The Bertz CT molecular complexity index is 1440. The summed E-state index contributed by atoms with van der Waals surface area (Å²) in [5.41, 5.74) is 0.948. The van der Waals surface area contributed by atoms with Gasteiger partial charge in [-0.1, -0.05) is 6.92 Å². The second-order valence-corrected chi connectivity index (χ2v) is 11.9. The molecule has 3 aromatic rings. The molecule has 0 fully saturated rings. The topological polar surface area (TPSA) is 178 Å². The zero-order valence-corrected chi connectivity index (χ0v) is 23.5. The van der Waals surface area contributed by atoms with Crippen LogP contribution in [0.25, 0.3) is 0 Å². The third-order valence-electron chi connectivity index (χ3n) is 6.69. The molecule has 0 radical (unpaired) electrons. The van der Waals surface area contributed by atoms with Gasteiger partial charge in [0, 0.05) is 44.0 Å². The Morgan fingerprint density at radius 2 is 2.10 bits per heavy atom. The van der Waals surface area contributed by atoms with E-state index in [-0.39, 0.29) is 55.4 Å². The van der Waals surface area contributed by atoms with Crippen LogP contribution in [0.1, 0.15) is 19.4 Å². The third kappa shape index (κ3) is 6.63. The Labute approximate surface area is 231 Å². The maximum absolute atomic E-state index is 13.4. The fourth-order valence-electron chi connectivity index (χ4n) is 4.36. The van der Waals surface area contributed by atoms with Crippen LogP contribution in [0.3, 0.4) is 0 Å². The van der Waals surface area contributed by atoms with E-state index in [1.54, 1.807) is 41.6 Å². The molecule has 0 bridgehead atoms. The number of hydrogen-bond acceptors (Lipinski definition) is 10. The predicted octanol–water partition coefficient (Wildman–Crippen LogP) is -0.485. The number of fused-ring (bicyclic) bond motifs is 1. The Balaban J connectivity index is 1.62. The van der Waals surface area contributed by atoms with Crippen LogP contribution in [-0.4, -0.2) is 103 Å². The number of carbonyl (C=O) groups is 2. The fraction of sp³-hybridized carbons (Fsp3) is 0.500. The normalized spacial score (nSPS) is 18.9. The maximum atomic E-state index is 13.4. The summed E-state index contributed by atoms with van der Waals surface area (Å²) >= 11 is 0. The second-order valence-electron chi connectivity index (χ2n) is 9.93. The molecular formula is C24H33N9O6S. The highest BCUT2D eigenvalue weighted by molar-refractivity contribution is 7.89. The molecule has 2 aromatic heterocycles. The van der Waals surface area contributed by atoms with E-state index in [4.69, 9.17) is 4.74 Å². The molecule has 3 atom stereocenters. The van der Waals surface area contributed by atoms with E-state index >= 15 is 0 Å². The van der Waals surface area contributed by atoms with Crippen LogP contribution >= 0.6 is 0 Å². The van der Waals surface area contributed by atoms with Crippen molar-refractivity contribution in [2.75, 3.05) is 32.1 Å². The highest BCUT2D eigenvalue weighted by Gasteiger charge is 2.34. The van der Waals surface area contributed by atoms with Crippen molar-refractivity contribution >= 4 is 27.5 Å². The Hall–Kier alpha value is -3.89. The summed E-state index contributed by atoms with van der Waals surface area (Å²) in [6, 6.07) is 4.47. The molecule has 1 aliphatic heterocycles. The van der Waals surface area contributed by atoms with E-state index in [0.717, 1.165) is 0 Å². The Morgan fingerprint density at radius 1 is 1.32 bits per heavy atom. The van der Waals surface area contributed by atoms with Crippen molar-refractivity contribution in [1.82, 2.24) is 39.0 Å². The molecule has 16 heteroatoms. The predicted molar refractivity (Wildman–Crippen MR) is 141 cm³/mol. The van der Waals surface area contributed by atoms with Gasteiger partial charge in [0.15, 0.2) is 5.03 Å². The van der Waals surface area contributed by atoms with Crippen molar-refractivity contribution in [3.05, 3.63) is 42.6 Å². The van der Waals surface area contributed by atoms with Crippen molar-refractivity contribution in [3.63, 3.8) is 0 Å². The van der Waals surface area contributed by atoms with Gasteiger partial charge in [-0.05, 0) is 35.5 Å². The second kappa shape index (κ2) is 12.1. The smallest absolute Gasteiger partial charge is 0.261 e. The number of rotatable bonds is 9. The first kappa shape index (κ1) is 29.1. The SMILES string of the molecule is C[C@H](CO)N1C[C@H](C)[C@H](CN(C)S(=O)(=O)c2cn(C)cn2)Oc2ccc(NC(=O)Cn3cnnn3)cc2CC1=O. The molecule has 40 heavy (non-hydrogen) atoms. The molecule has 2 N–H and O–H groups in total. The number of hydrogen-bond donors (Lipinski definition) is 2. The minimum atomic E-state index is -3.90. The standard InChI is InChI=1S/C24H33N9O6S/c1-16-9-33(17(2)13-34)24(36)8-18-7-19(27-22(35)11-32-15-26-28-29-32)5-6-20(18)39-21(16)10-31(4)40(37,38)23-12-30(3)14-25-23/h5-7,12,14-17,21,34H,8-11,13H2,1-4H3,(H,27,35)/t16-,17+,21-/m0/s1. The number of anilines is 1. The van der Waals surface area contributed by atoms with E-state index in [0.29, 0.717) is 17.0 Å². The van der Waals surface area contributed by atoms with E-state index in [1.165, 1.54) is 34.9 Å². The molecule has 0 unspecified atom stereocenters. The van der Waals surface area contributed by atoms with Crippen LogP contribution in [0.4, 0.5) is 5.69 Å². The van der Waals surface area contributed by atoms with E-state index < -0.39 is 22.2 Å². The number of tetrazole rings is 1. The summed E-state index contributed by atoms with van der Waals surface area (Å²) in [7, 11) is -0.760. The first-order valence-electron chi connectivity index (χ1n) is 12.6. The Morgan fingerprint density at radius 3 is 2.75 bits per heavy atom. The molecule has 2 amide bonds. The lowest BCUT2D eigenvalue weighted by Gasteiger charge is -2.33. The minimum absolute atomic E-state index is 0.0144. The quantitative estimate of drug-likeness (QED) is 0.338. The van der Waals surface area contributed by atoms with E-state index in [2.05, 4.69) is 25.8 Å². The van der Waals surface area contributed by atoms with E-state index in [1.807, 2.05) is 6.92 Å². The molecule has 0 saturated carbocycles. The number of aliphatic hydroxyl groups excluding tert-OH is 1. The van der Waals surface area contributed by atoms with Gasteiger partial charge in [0.05, 0.1) is 31.9 Å². The van der Waals surface area contributed by atoms with Gasteiger partial charge in [-0.15, -0.1) is 5.10 Å². The summed E-state index contributed by atoms with van der Waals surface area (Å²) in [5, 5.41) is 23.2. The van der Waals surface area contributed by atoms with Crippen LogP contribution in [0.15, 0.2) is 42.1 Å². The van der Waals surface area contributed by atoms with Crippen LogP contribution in [0, 0.1) is 5.92 Å². The van der Waals surface area contributed by atoms with Crippen LogP contribution < -0.4 is 10.1 Å². The molecule has 3 heterocycles. The van der Waals surface area contributed by atoms with Crippen LogP contribution in [0.5, 0.6) is 5.75 Å². The van der Waals surface area contributed by atoms with Gasteiger partial charge in [-0.25, -0.2) is 18.1 Å². The number of aromatic nitrogens is 6. The van der Waals surface area contributed by atoms with Crippen molar-refractivity contribution in [3.8, 4) is 5.75 Å². The number of benzene rings is 1. The van der Waals surface area contributed by atoms with Crippen LogP contribution in [-0.2, 0) is 39.6 Å². The monoisotopic (exact) mass is 575 g/mol. The van der Waals surface area contributed by atoms with E-state index in [9.17, 15) is 23.1 Å². The number of aryl methyl sites for hydroxylation is 1. The average Bonchev–Trinajstić information content (AvgIpc) is 3.59. The first-order chi connectivity index (χ1) is 19.0. The van der Waals surface area contributed by atoms with Crippen LogP contribution in [0.2, 0.25) is 0 Å². The van der Waals surface area contributed by atoms with Gasteiger partial charge in [0.1, 0.15) is 24.7 Å². The summed E-state index contributed by atoms with van der Waals surface area (Å²) in [4.78, 5) is 31.4. The summed E-state index contributed by atoms with van der Waals surface area (Å²) < 4.78 is 36.7. The number of likely N-dealkylation sites (N-methyl/N-ethyl adjacent to an activating group) is 1. The number of aliphatic hydroxyl groups is 1. The number of sulfonamides is 1. The largest absolute Gasteiger partial charge is 0.488 e. The number of nitrogens with one attached hydrogen (secondary N) is 1. The zero-order valence-electron chi connectivity index (χ0n) is 22.7. The van der Waals surface area contributed by atoms with Crippen molar-refractivity contribution in [1.29, 1.82) is 0 Å². The summed E-state index contributed by atoms with van der Waals surface area (Å²) in [6.45, 7) is 3.50. The number of amides is 2. The lowest BCUT2D eigenvalue weighted by Crippen LogP contribution is -2.48. The zero-order chi connectivity index (χ0) is 29.0. The number of ether oxygens (including phenoxy) is 1. The first-order valence-corrected chi connectivity index (χ1v) is 14.1. The van der Waals surface area contributed by atoms with Crippen molar-refractivity contribution < 1.29 is 27.9 Å².